The first-order valence-corrected chi connectivity index (χ1v) is 11.1. The third kappa shape index (κ3) is 8.51. The number of nitrogens with one attached hydrogen (secondary N) is 2. The van der Waals surface area contributed by atoms with Gasteiger partial charge in [-0.25, -0.2) is 5.06 Å². The first kappa shape index (κ1) is 25.1. The molecule has 3 amide bonds. The summed E-state index contributed by atoms with van der Waals surface area (Å²) in [4.78, 5) is 36.8. The van der Waals surface area contributed by atoms with Gasteiger partial charge in [0.25, 0.3) is 0 Å². The standard InChI is InChI=1S/C25H33N3O4/c1-3-4-10-21(17-28(32)18-29)24(30)27-23(16-13-20-8-6-5-7-9-20)25(31)26-22-14-11-19(2)12-15-22/h5-9,11-12,14-15,18,21,23,32H,3-4,10,13,16-17H2,1-2H3,(H,26,31)(H,27,30)/t21-,23+/m1/s1. The lowest BCUT2D eigenvalue weighted by atomic mass is 9.99. The number of carbonyl (C=O) groups is 3. The van der Waals surface area contributed by atoms with Crippen LogP contribution in [-0.2, 0) is 20.8 Å². The van der Waals surface area contributed by atoms with E-state index in [1.807, 2.05) is 68.4 Å². The Bertz CT molecular complexity index is 855. The van der Waals surface area contributed by atoms with Gasteiger partial charge in [0.1, 0.15) is 6.04 Å². The molecule has 0 aliphatic heterocycles. The summed E-state index contributed by atoms with van der Waals surface area (Å²) >= 11 is 0. The Morgan fingerprint density at radius 3 is 2.34 bits per heavy atom. The van der Waals surface area contributed by atoms with Gasteiger partial charge >= 0.3 is 0 Å². The van der Waals surface area contributed by atoms with E-state index < -0.39 is 12.0 Å². The highest BCUT2D eigenvalue weighted by Gasteiger charge is 2.26. The second kappa shape index (κ2) is 13.3. The summed E-state index contributed by atoms with van der Waals surface area (Å²) in [7, 11) is 0. The minimum absolute atomic E-state index is 0.111. The molecule has 7 nitrogen and oxygen atoms in total. The molecule has 2 atom stereocenters. The SMILES string of the molecule is CCCC[C@H](CN(O)C=O)C(=O)N[C@@H](CCc1ccccc1)C(=O)Nc1ccc(C)cc1. The Hall–Kier alpha value is -3.19. The first-order chi connectivity index (χ1) is 15.4. The van der Waals surface area contributed by atoms with Crippen molar-refractivity contribution in [3.8, 4) is 0 Å². The van der Waals surface area contributed by atoms with Crippen molar-refractivity contribution in [2.45, 2.75) is 52.0 Å². The van der Waals surface area contributed by atoms with Crippen molar-refractivity contribution in [1.82, 2.24) is 10.4 Å². The molecular weight excluding hydrogens is 406 g/mol. The predicted molar refractivity (Wildman–Crippen MR) is 124 cm³/mol. The Morgan fingerprint density at radius 2 is 1.72 bits per heavy atom. The van der Waals surface area contributed by atoms with Gasteiger partial charge in [0.2, 0.25) is 18.2 Å². The molecule has 0 aromatic heterocycles. The molecule has 0 bridgehead atoms. The number of hydrogen-bond donors (Lipinski definition) is 3. The lowest BCUT2D eigenvalue weighted by molar-refractivity contribution is -0.155. The van der Waals surface area contributed by atoms with Gasteiger partial charge in [-0.1, -0.05) is 67.8 Å². The van der Waals surface area contributed by atoms with E-state index in [0.29, 0.717) is 30.0 Å². The van der Waals surface area contributed by atoms with Crippen molar-refractivity contribution in [3.63, 3.8) is 0 Å². The molecule has 2 aromatic rings. The van der Waals surface area contributed by atoms with Crippen LogP contribution < -0.4 is 10.6 Å². The van der Waals surface area contributed by atoms with Crippen LogP contribution in [0.15, 0.2) is 54.6 Å². The van der Waals surface area contributed by atoms with Crippen LogP contribution in [0.2, 0.25) is 0 Å². The maximum Gasteiger partial charge on any atom is 0.246 e. The van der Waals surface area contributed by atoms with Crippen LogP contribution >= 0.6 is 0 Å². The van der Waals surface area contributed by atoms with E-state index in [0.717, 1.165) is 24.0 Å². The first-order valence-electron chi connectivity index (χ1n) is 11.1. The summed E-state index contributed by atoms with van der Waals surface area (Å²) in [6, 6.07) is 16.5. The topological polar surface area (TPSA) is 98.7 Å². The summed E-state index contributed by atoms with van der Waals surface area (Å²) in [5.41, 5.74) is 2.81. The van der Waals surface area contributed by atoms with E-state index in [9.17, 15) is 19.6 Å². The molecule has 0 saturated heterocycles. The fraction of sp³-hybridized carbons (Fsp3) is 0.400. The number of amides is 3. The Labute approximate surface area is 189 Å². The molecule has 7 heteroatoms. The van der Waals surface area contributed by atoms with Crippen molar-refractivity contribution in [2.75, 3.05) is 11.9 Å². The summed E-state index contributed by atoms with van der Waals surface area (Å²) in [5, 5.41) is 15.8. The molecule has 2 rings (SSSR count). The Morgan fingerprint density at radius 1 is 1.03 bits per heavy atom. The third-order valence-corrected chi connectivity index (χ3v) is 5.32. The predicted octanol–water partition coefficient (Wildman–Crippen LogP) is 3.71. The van der Waals surface area contributed by atoms with Gasteiger partial charge in [0.15, 0.2) is 0 Å². The zero-order valence-electron chi connectivity index (χ0n) is 18.8. The van der Waals surface area contributed by atoms with E-state index in [4.69, 9.17) is 0 Å². The minimum Gasteiger partial charge on any atom is -0.344 e. The molecule has 0 aliphatic carbocycles. The van der Waals surface area contributed by atoms with Gasteiger partial charge in [0.05, 0.1) is 12.5 Å². The summed E-state index contributed by atoms with van der Waals surface area (Å²) in [6.45, 7) is 3.86. The molecule has 32 heavy (non-hydrogen) atoms. The molecule has 2 aromatic carbocycles. The van der Waals surface area contributed by atoms with Crippen LogP contribution in [0.4, 0.5) is 5.69 Å². The number of nitrogens with zero attached hydrogens (tertiary/aromatic N) is 1. The van der Waals surface area contributed by atoms with Crippen molar-refractivity contribution in [1.29, 1.82) is 0 Å². The zero-order valence-corrected chi connectivity index (χ0v) is 18.8. The van der Waals surface area contributed by atoms with Crippen molar-refractivity contribution >= 4 is 23.9 Å². The van der Waals surface area contributed by atoms with Gasteiger partial charge in [-0.05, 0) is 43.9 Å². The summed E-state index contributed by atoms with van der Waals surface area (Å²) in [6.07, 6.45) is 3.48. The van der Waals surface area contributed by atoms with Gasteiger partial charge in [-0.15, -0.1) is 0 Å². The van der Waals surface area contributed by atoms with E-state index >= 15 is 0 Å². The monoisotopic (exact) mass is 439 g/mol. The van der Waals surface area contributed by atoms with Gasteiger partial charge < -0.3 is 10.6 Å². The molecule has 0 radical (unpaired) electrons. The second-order valence-corrected chi connectivity index (χ2v) is 8.01. The highest BCUT2D eigenvalue weighted by atomic mass is 16.5. The van der Waals surface area contributed by atoms with Crippen molar-refractivity contribution in [3.05, 3.63) is 65.7 Å². The van der Waals surface area contributed by atoms with E-state index in [-0.39, 0.29) is 24.8 Å². The van der Waals surface area contributed by atoms with Gasteiger partial charge in [-0.2, -0.15) is 0 Å². The maximum absolute atomic E-state index is 13.0. The number of carbonyl (C=O) groups excluding carboxylic acids is 3. The largest absolute Gasteiger partial charge is 0.344 e. The molecule has 0 spiro atoms. The number of anilines is 1. The number of hydrogen-bond acceptors (Lipinski definition) is 4. The second-order valence-electron chi connectivity index (χ2n) is 8.01. The molecular formula is C25H33N3O4. The van der Waals surface area contributed by atoms with E-state index in [2.05, 4.69) is 10.6 Å². The number of unbranched alkanes of at least 4 members (excludes halogenated alkanes) is 1. The quantitative estimate of drug-likeness (QED) is 0.252. The summed E-state index contributed by atoms with van der Waals surface area (Å²) in [5.74, 6) is -1.25. The van der Waals surface area contributed by atoms with Crippen LogP contribution in [-0.4, -0.2) is 41.1 Å². The minimum atomic E-state index is -0.753. The normalized spacial score (nSPS) is 12.5. The fourth-order valence-corrected chi connectivity index (χ4v) is 3.40. The van der Waals surface area contributed by atoms with Crippen LogP contribution in [0, 0.1) is 12.8 Å². The fourth-order valence-electron chi connectivity index (χ4n) is 3.40. The molecule has 0 fully saturated rings. The van der Waals surface area contributed by atoms with Gasteiger partial charge in [0, 0.05) is 5.69 Å². The zero-order chi connectivity index (χ0) is 23.3. The molecule has 0 unspecified atom stereocenters. The summed E-state index contributed by atoms with van der Waals surface area (Å²) < 4.78 is 0. The van der Waals surface area contributed by atoms with Crippen molar-refractivity contribution in [2.24, 2.45) is 5.92 Å². The maximum atomic E-state index is 13.0. The van der Waals surface area contributed by atoms with E-state index in [1.54, 1.807) is 0 Å². The Kier molecular flexibility index (Phi) is 10.4. The lowest BCUT2D eigenvalue weighted by Crippen LogP contribution is -2.48. The third-order valence-electron chi connectivity index (χ3n) is 5.32. The molecule has 0 saturated carbocycles. The molecule has 3 N–H and O–H groups in total. The average molecular weight is 440 g/mol. The highest BCUT2D eigenvalue weighted by Crippen LogP contribution is 2.14. The lowest BCUT2D eigenvalue weighted by Gasteiger charge is -2.24. The van der Waals surface area contributed by atoms with Crippen LogP contribution in [0.25, 0.3) is 0 Å². The Balaban J connectivity index is 2.13. The van der Waals surface area contributed by atoms with Crippen molar-refractivity contribution < 1.29 is 19.6 Å². The number of rotatable bonds is 13. The van der Waals surface area contributed by atoms with E-state index in [1.165, 1.54) is 0 Å². The number of benzene rings is 2. The van der Waals surface area contributed by atoms with Crippen LogP contribution in [0.3, 0.4) is 0 Å². The molecule has 0 heterocycles. The van der Waals surface area contributed by atoms with Gasteiger partial charge in [-0.3, -0.25) is 19.6 Å². The smallest absolute Gasteiger partial charge is 0.246 e. The number of aryl methyl sites for hydroxylation is 2. The highest BCUT2D eigenvalue weighted by molar-refractivity contribution is 5.97. The molecule has 172 valence electrons. The molecule has 0 aliphatic rings. The number of hydroxylamine groups is 2. The van der Waals surface area contributed by atoms with Crippen LogP contribution in [0.5, 0.6) is 0 Å². The van der Waals surface area contributed by atoms with Crippen LogP contribution in [0.1, 0.15) is 43.7 Å². The average Bonchev–Trinajstić information content (AvgIpc) is 2.81.